The van der Waals surface area contributed by atoms with Crippen molar-refractivity contribution in [2.45, 2.75) is 39.2 Å². The van der Waals surface area contributed by atoms with Crippen LogP contribution in [0.1, 0.15) is 49.6 Å². The molecule has 0 amide bonds. The number of ether oxygens (including phenoxy) is 2. The van der Waals surface area contributed by atoms with Gasteiger partial charge in [0.1, 0.15) is 23.3 Å². The number of nitrogens with one attached hydrogen (secondary N) is 2. The van der Waals surface area contributed by atoms with Gasteiger partial charge in [-0.2, -0.15) is 10.2 Å². The van der Waals surface area contributed by atoms with Crippen LogP contribution in [0.3, 0.4) is 0 Å². The molecule has 3 aromatic carbocycles. The highest BCUT2D eigenvalue weighted by Gasteiger charge is 2.31. The van der Waals surface area contributed by atoms with Crippen molar-refractivity contribution in [1.29, 1.82) is 0 Å². The van der Waals surface area contributed by atoms with Gasteiger partial charge in [0.25, 0.3) is 0 Å². The number of alkyl halides is 3. The number of thiocarbonyl (C=S) groups is 1. The number of nitrogens with zero attached hydrogens (tertiary/aromatic N) is 3. The van der Waals surface area contributed by atoms with Crippen molar-refractivity contribution in [3.63, 3.8) is 0 Å². The molecule has 0 fully saturated rings. The molecule has 4 aromatic rings. The van der Waals surface area contributed by atoms with Crippen molar-refractivity contribution < 1.29 is 22.6 Å². The molecule has 11 heteroatoms. The molecule has 1 aromatic heterocycles. The van der Waals surface area contributed by atoms with Crippen LogP contribution in [-0.4, -0.2) is 27.5 Å². The van der Waals surface area contributed by atoms with Gasteiger partial charge < -0.3 is 14.8 Å². The highest BCUT2D eigenvalue weighted by Crippen LogP contribution is 2.30. The summed E-state index contributed by atoms with van der Waals surface area (Å²) in [5.41, 5.74) is 7.34. The fraction of sp³-hybridized carbons (Fsp3) is 0.250. The largest absolute Gasteiger partial charge is 0.573 e. The molecule has 1 atom stereocenters. The summed E-state index contributed by atoms with van der Waals surface area (Å²) in [4.78, 5) is 0. The minimum atomic E-state index is -4.75. The third kappa shape index (κ3) is 7.26. The maximum atomic E-state index is 12.4. The van der Waals surface area contributed by atoms with Crippen LogP contribution in [0.4, 0.5) is 18.9 Å². The van der Waals surface area contributed by atoms with Gasteiger partial charge in [0, 0.05) is 18.1 Å². The molecule has 204 valence electrons. The van der Waals surface area contributed by atoms with Gasteiger partial charge in [0.15, 0.2) is 5.11 Å². The first-order chi connectivity index (χ1) is 18.5. The lowest BCUT2D eigenvalue weighted by Crippen LogP contribution is -2.24. The third-order valence-corrected chi connectivity index (χ3v) is 6.06. The molecule has 2 N–H and O–H groups in total. The van der Waals surface area contributed by atoms with Crippen LogP contribution in [0.25, 0.3) is 10.9 Å². The third-order valence-electron chi connectivity index (χ3n) is 5.87. The zero-order valence-electron chi connectivity index (χ0n) is 21.8. The standard InChI is InChI=1S/C28H28F3N5O2S/c1-17(2)22-7-5-6-8-24(22)33-27(39)34-32-16-19-9-14-23-25(15-19)36(4)35-26(23)18(3)37-20-10-12-21(13-11-20)38-28(29,30)31/h5-18H,1-4H3,(H2,33,34,39)/b32-16+. The SMILES string of the molecule is CC(C)c1ccccc1NC(=S)N/N=C/c1ccc2c(C(C)Oc3ccc(OC(F)(F)F)cc3)nn(C)c2c1. The molecule has 39 heavy (non-hydrogen) atoms. The van der Waals surface area contributed by atoms with Gasteiger partial charge in [-0.25, -0.2) is 0 Å². The first-order valence-corrected chi connectivity index (χ1v) is 12.6. The van der Waals surface area contributed by atoms with Crippen LogP contribution in [0, 0.1) is 0 Å². The molecule has 1 heterocycles. The Kier molecular flexibility index (Phi) is 8.39. The molecule has 4 rings (SSSR count). The van der Waals surface area contributed by atoms with E-state index < -0.39 is 12.5 Å². The number of benzene rings is 3. The first kappa shape index (κ1) is 27.9. The number of anilines is 1. The lowest BCUT2D eigenvalue weighted by Gasteiger charge is -2.14. The predicted octanol–water partition coefficient (Wildman–Crippen LogP) is 7.06. The summed E-state index contributed by atoms with van der Waals surface area (Å²) in [5, 5.41) is 13.3. The summed E-state index contributed by atoms with van der Waals surface area (Å²) in [5.74, 6) is 0.430. The fourth-order valence-corrected chi connectivity index (χ4v) is 4.26. The Morgan fingerprint density at radius 3 is 2.41 bits per heavy atom. The Labute approximate surface area is 229 Å². The second kappa shape index (κ2) is 11.7. The number of halogens is 3. The zero-order chi connectivity index (χ0) is 28.2. The average molecular weight is 556 g/mol. The fourth-order valence-electron chi connectivity index (χ4n) is 4.09. The summed E-state index contributed by atoms with van der Waals surface area (Å²) in [6.45, 7) is 6.07. The van der Waals surface area contributed by atoms with E-state index in [0.29, 0.717) is 22.5 Å². The summed E-state index contributed by atoms with van der Waals surface area (Å²) in [6, 6.07) is 19.0. The van der Waals surface area contributed by atoms with Gasteiger partial charge >= 0.3 is 6.36 Å². The van der Waals surface area contributed by atoms with Crippen LogP contribution in [-0.2, 0) is 7.05 Å². The van der Waals surface area contributed by atoms with Crippen LogP contribution >= 0.6 is 12.2 Å². The summed E-state index contributed by atoms with van der Waals surface area (Å²) >= 11 is 5.39. The van der Waals surface area contributed by atoms with E-state index in [1.807, 2.05) is 50.4 Å². The second-order valence-electron chi connectivity index (χ2n) is 9.13. The number of hydrogen-bond acceptors (Lipinski definition) is 5. The quantitative estimate of drug-likeness (QED) is 0.138. The highest BCUT2D eigenvalue weighted by molar-refractivity contribution is 7.80. The van der Waals surface area contributed by atoms with Crippen LogP contribution in [0.15, 0.2) is 71.8 Å². The van der Waals surface area contributed by atoms with E-state index in [4.69, 9.17) is 17.0 Å². The van der Waals surface area contributed by atoms with E-state index in [1.165, 1.54) is 24.3 Å². The van der Waals surface area contributed by atoms with Crippen molar-refractivity contribution in [2.24, 2.45) is 12.1 Å². The van der Waals surface area contributed by atoms with Crippen molar-refractivity contribution >= 4 is 40.1 Å². The van der Waals surface area contributed by atoms with Gasteiger partial charge in [-0.15, -0.1) is 13.2 Å². The summed E-state index contributed by atoms with van der Waals surface area (Å²) in [7, 11) is 1.83. The number of para-hydroxylation sites is 1. The number of rotatable bonds is 8. The van der Waals surface area contributed by atoms with Crippen molar-refractivity contribution in [3.8, 4) is 11.5 Å². The van der Waals surface area contributed by atoms with Gasteiger partial charge in [-0.1, -0.05) is 44.2 Å². The average Bonchev–Trinajstić information content (AvgIpc) is 3.20. The Hall–Kier alpha value is -4.12. The van der Waals surface area contributed by atoms with E-state index in [2.05, 4.69) is 45.6 Å². The predicted molar refractivity (Wildman–Crippen MR) is 150 cm³/mol. The molecule has 0 aliphatic heterocycles. The molecule has 1 unspecified atom stereocenters. The van der Waals surface area contributed by atoms with E-state index in [0.717, 1.165) is 27.7 Å². The summed E-state index contributed by atoms with van der Waals surface area (Å²) in [6.07, 6.45) is -3.54. The normalized spacial score (nSPS) is 12.6. The lowest BCUT2D eigenvalue weighted by molar-refractivity contribution is -0.274. The molecular weight excluding hydrogens is 527 g/mol. The molecule has 7 nitrogen and oxygen atoms in total. The van der Waals surface area contributed by atoms with E-state index >= 15 is 0 Å². The van der Waals surface area contributed by atoms with E-state index in [9.17, 15) is 13.2 Å². The molecule has 0 bridgehead atoms. The second-order valence-corrected chi connectivity index (χ2v) is 9.54. The van der Waals surface area contributed by atoms with Gasteiger partial charge in [0.05, 0.1) is 11.7 Å². The Morgan fingerprint density at radius 1 is 1.03 bits per heavy atom. The molecule has 0 saturated heterocycles. The maximum Gasteiger partial charge on any atom is 0.573 e. The minimum Gasteiger partial charge on any atom is -0.484 e. The molecule has 0 aliphatic carbocycles. The number of hydrogen-bond donors (Lipinski definition) is 2. The number of aryl methyl sites for hydroxylation is 1. The van der Waals surface area contributed by atoms with Crippen molar-refractivity contribution in [2.75, 3.05) is 5.32 Å². The lowest BCUT2D eigenvalue weighted by atomic mass is 10.0. The molecular formula is C28H28F3N5O2S. The van der Waals surface area contributed by atoms with Crippen LogP contribution in [0.2, 0.25) is 0 Å². The number of aromatic nitrogens is 2. The Balaban J connectivity index is 1.41. The van der Waals surface area contributed by atoms with Crippen molar-refractivity contribution in [1.82, 2.24) is 15.2 Å². The molecule has 0 saturated carbocycles. The summed E-state index contributed by atoms with van der Waals surface area (Å²) < 4.78 is 48.7. The topological polar surface area (TPSA) is 72.7 Å². The van der Waals surface area contributed by atoms with E-state index in [-0.39, 0.29) is 5.75 Å². The Bertz CT molecular complexity index is 1480. The van der Waals surface area contributed by atoms with Gasteiger partial charge in [-0.05, 0) is 72.6 Å². The number of fused-ring (bicyclic) bond motifs is 1. The van der Waals surface area contributed by atoms with Gasteiger partial charge in [0.2, 0.25) is 0 Å². The monoisotopic (exact) mass is 555 g/mol. The zero-order valence-corrected chi connectivity index (χ0v) is 22.6. The Morgan fingerprint density at radius 2 is 1.72 bits per heavy atom. The smallest absolute Gasteiger partial charge is 0.484 e. The van der Waals surface area contributed by atoms with Crippen molar-refractivity contribution in [3.05, 3.63) is 83.6 Å². The van der Waals surface area contributed by atoms with Crippen LogP contribution < -0.4 is 20.2 Å². The van der Waals surface area contributed by atoms with E-state index in [1.54, 1.807) is 10.9 Å². The van der Waals surface area contributed by atoms with Crippen LogP contribution in [0.5, 0.6) is 11.5 Å². The maximum absolute atomic E-state index is 12.4. The first-order valence-electron chi connectivity index (χ1n) is 12.2. The molecule has 0 aliphatic rings. The minimum absolute atomic E-state index is 0.314. The number of hydrazone groups is 1. The van der Waals surface area contributed by atoms with Gasteiger partial charge in [-0.3, -0.25) is 10.1 Å². The molecule has 0 spiro atoms. The molecule has 0 radical (unpaired) electrons. The highest BCUT2D eigenvalue weighted by atomic mass is 32.1.